The van der Waals surface area contributed by atoms with Gasteiger partial charge in [-0.25, -0.2) is 0 Å². The molecule has 1 rings (SSSR count). The SMILES string of the molecule is COCCOCCC(N)c1occc1Br. The maximum absolute atomic E-state index is 5.92. The summed E-state index contributed by atoms with van der Waals surface area (Å²) in [5, 5.41) is 0. The van der Waals surface area contributed by atoms with Crippen LogP contribution in [0.4, 0.5) is 0 Å². The van der Waals surface area contributed by atoms with Crippen LogP contribution in [0.5, 0.6) is 0 Å². The van der Waals surface area contributed by atoms with Gasteiger partial charge in [0.1, 0.15) is 5.76 Å². The van der Waals surface area contributed by atoms with Crippen molar-refractivity contribution in [3.05, 3.63) is 22.6 Å². The third-order valence-electron chi connectivity index (χ3n) is 1.99. The lowest BCUT2D eigenvalue weighted by atomic mass is 10.2. The zero-order valence-electron chi connectivity index (χ0n) is 8.74. The van der Waals surface area contributed by atoms with E-state index in [-0.39, 0.29) is 6.04 Å². The van der Waals surface area contributed by atoms with Gasteiger partial charge >= 0.3 is 0 Å². The summed E-state index contributed by atoms with van der Waals surface area (Å²) in [6.45, 7) is 1.82. The van der Waals surface area contributed by atoms with E-state index in [2.05, 4.69) is 15.9 Å². The van der Waals surface area contributed by atoms with Crippen molar-refractivity contribution in [2.24, 2.45) is 5.73 Å². The first kappa shape index (κ1) is 12.7. The first-order valence-electron chi connectivity index (χ1n) is 4.81. The van der Waals surface area contributed by atoms with Crippen LogP contribution >= 0.6 is 15.9 Å². The second-order valence-corrected chi connectivity index (χ2v) is 3.99. The van der Waals surface area contributed by atoms with Gasteiger partial charge in [0, 0.05) is 13.7 Å². The van der Waals surface area contributed by atoms with Crippen molar-refractivity contribution in [2.45, 2.75) is 12.5 Å². The smallest absolute Gasteiger partial charge is 0.134 e. The highest BCUT2D eigenvalue weighted by Gasteiger charge is 2.12. The Balaban J connectivity index is 2.19. The Bertz CT molecular complexity index is 277. The van der Waals surface area contributed by atoms with Crippen LogP contribution < -0.4 is 5.73 Å². The molecule has 0 radical (unpaired) electrons. The van der Waals surface area contributed by atoms with Crippen LogP contribution in [0, 0.1) is 0 Å². The maximum atomic E-state index is 5.92. The lowest BCUT2D eigenvalue weighted by Gasteiger charge is -2.09. The standard InChI is InChI=1S/C10H16BrNO3/c1-13-6-7-14-4-3-9(12)10-8(11)2-5-15-10/h2,5,9H,3-4,6-7,12H2,1H3. The van der Waals surface area contributed by atoms with Gasteiger partial charge in [-0.05, 0) is 28.4 Å². The van der Waals surface area contributed by atoms with E-state index in [0.717, 1.165) is 16.7 Å². The van der Waals surface area contributed by atoms with Gasteiger partial charge in [0.15, 0.2) is 0 Å². The van der Waals surface area contributed by atoms with Crippen LogP contribution in [0.3, 0.4) is 0 Å². The zero-order valence-corrected chi connectivity index (χ0v) is 10.3. The van der Waals surface area contributed by atoms with Gasteiger partial charge in [-0.1, -0.05) is 0 Å². The van der Waals surface area contributed by atoms with Crippen molar-refractivity contribution in [1.29, 1.82) is 0 Å². The van der Waals surface area contributed by atoms with E-state index in [1.165, 1.54) is 0 Å². The zero-order chi connectivity index (χ0) is 11.1. The van der Waals surface area contributed by atoms with E-state index in [9.17, 15) is 0 Å². The summed E-state index contributed by atoms with van der Waals surface area (Å²) in [7, 11) is 1.65. The van der Waals surface area contributed by atoms with Crippen molar-refractivity contribution < 1.29 is 13.9 Å². The summed E-state index contributed by atoms with van der Waals surface area (Å²) in [6.07, 6.45) is 2.35. The molecule has 0 amide bonds. The minimum atomic E-state index is -0.128. The first-order chi connectivity index (χ1) is 7.25. The molecule has 0 fully saturated rings. The predicted octanol–water partition coefficient (Wildman–Crippen LogP) is 2.09. The molecule has 5 heteroatoms. The molecule has 0 spiro atoms. The molecule has 15 heavy (non-hydrogen) atoms. The molecule has 0 aliphatic heterocycles. The number of hydrogen-bond donors (Lipinski definition) is 1. The van der Waals surface area contributed by atoms with E-state index in [4.69, 9.17) is 19.6 Å². The third kappa shape index (κ3) is 4.34. The molecule has 0 saturated heterocycles. The summed E-state index contributed by atoms with van der Waals surface area (Å²) in [5.41, 5.74) is 5.92. The van der Waals surface area contributed by atoms with Gasteiger partial charge in [-0.2, -0.15) is 0 Å². The predicted molar refractivity (Wildman–Crippen MR) is 60.6 cm³/mol. The quantitative estimate of drug-likeness (QED) is 0.776. The van der Waals surface area contributed by atoms with Crippen molar-refractivity contribution in [1.82, 2.24) is 0 Å². The van der Waals surface area contributed by atoms with E-state index in [0.29, 0.717) is 19.8 Å². The van der Waals surface area contributed by atoms with E-state index in [1.54, 1.807) is 13.4 Å². The van der Waals surface area contributed by atoms with E-state index in [1.807, 2.05) is 6.07 Å². The molecule has 1 unspecified atom stereocenters. The molecule has 1 aromatic heterocycles. The Hall–Kier alpha value is -0.360. The molecule has 4 nitrogen and oxygen atoms in total. The van der Waals surface area contributed by atoms with Crippen LogP contribution in [-0.4, -0.2) is 26.9 Å². The third-order valence-corrected chi connectivity index (χ3v) is 2.64. The Kier molecular flexibility index (Phi) is 5.93. The molecule has 0 saturated carbocycles. The molecule has 0 aliphatic rings. The Morgan fingerprint density at radius 3 is 2.87 bits per heavy atom. The number of hydrogen-bond acceptors (Lipinski definition) is 4. The van der Waals surface area contributed by atoms with Crippen LogP contribution in [0.25, 0.3) is 0 Å². The van der Waals surface area contributed by atoms with Gasteiger partial charge in [0.05, 0.1) is 30.0 Å². The molecular weight excluding hydrogens is 262 g/mol. The van der Waals surface area contributed by atoms with Crippen LogP contribution in [0.1, 0.15) is 18.2 Å². The largest absolute Gasteiger partial charge is 0.466 e. The van der Waals surface area contributed by atoms with Gasteiger partial charge in [0.25, 0.3) is 0 Å². The number of halogens is 1. The monoisotopic (exact) mass is 277 g/mol. The minimum absolute atomic E-state index is 0.128. The lowest BCUT2D eigenvalue weighted by Crippen LogP contribution is -2.14. The fraction of sp³-hybridized carbons (Fsp3) is 0.600. The normalized spacial score (nSPS) is 13.0. The van der Waals surface area contributed by atoms with E-state index < -0.39 is 0 Å². The van der Waals surface area contributed by atoms with Gasteiger partial charge in [-0.3, -0.25) is 0 Å². The highest BCUT2D eigenvalue weighted by Crippen LogP contribution is 2.24. The molecule has 0 aliphatic carbocycles. The summed E-state index contributed by atoms with van der Waals surface area (Å²) in [4.78, 5) is 0. The Morgan fingerprint density at radius 2 is 2.27 bits per heavy atom. The fourth-order valence-electron chi connectivity index (χ4n) is 1.16. The lowest BCUT2D eigenvalue weighted by molar-refractivity contribution is 0.0664. The van der Waals surface area contributed by atoms with Gasteiger partial charge in [0.2, 0.25) is 0 Å². The van der Waals surface area contributed by atoms with E-state index >= 15 is 0 Å². The topological polar surface area (TPSA) is 57.6 Å². The molecular formula is C10H16BrNO3. The van der Waals surface area contributed by atoms with Crippen molar-refractivity contribution in [3.8, 4) is 0 Å². The highest BCUT2D eigenvalue weighted by molar-refractivity contribution is 9.10. The summed E-state index contributed by atoms with van der Waals surface area (Å²) >= 11 is 3.37. The average Bonchev–Trinajstić information content (AvgIpc) is 2.64. The summed E-state index contributed by atoms with van der Waals surface area (Å²) in [5.74, 6) is 0.769. The second kappa shape index (κ2) is 7.00. The number of furan rings is 1. The maximum Gasteiger partial charge on any atom is 0.134 e. The van der Waals surface area contributed by atoms with Gasteiger partial charge < -0.3 is 19.6 Å². The van der Waals surface area contributed by atoms with Crippen LogP contribution in [0.15, 0.2) is 21.2 Å². The van der Waals surface area contributed by atoms with Gasteiger partial charge in [-0.15, -0.1) is 0 Å². The number of ether oxygens (including phenoxy) is 2. The summed E-state index contributed by atoms with van der Waals surface area (Å²) in [6, 6.07) is 1.71. The fourth-order valence-corrected chi connectivity index (χ4v) is 1.65. The van der Waals surface area contributed by atoms with Crippen molar-refractivity contribution in [2.75, 3.05) is 26.9 Å². The molecule has 1 atom stereocenters. The highest BCUT2D eigenvalue weighted by atomic mass is 79.9. The molecule has 1 aromatic rings. The molecule has 0 bridgehead atoms. The number of nitrogens with two attached hydrogens (primary N) is 1. The Morgan fingerprint density at radius 1 is 1.47 bits per heavy atom. The minimum Gasteiger partial charge on any atom is -0.466 e. The molecule has 2 N–H and O–H groups in total. The van der Waals surface area contributed by atoms with Crippen LogP contribution in [0.2, 0.25) is 0 Å². The summed E-state index contributed by atoms with van der Waals surface area (Å²) < 4.78 is 16.3. The Labute approximate surface area is 97.8 Å². The number of methoxy groups -OCH3 is 1. The molecule has 1 heterocycles. The second-order valence-electron chi connectivity index (χ2n) is 3.13. The van der Waals surface area contributed by atoms with Crippen molar-refractivity contribution in [3.63, 3.8) is 0 Å². The molecule has 0 aromatic carbocycles. The molecule has 86 valence electrons. The first-order valence-corrected chi connectivity index (χ1v) is 5.60. The number of rotatable bonds is 7. The van der Waals surface area contributed by atoms with Crippen LogP contribution in [-0.2, 0) is 9.47 Å². The van der Waals surface area contributed by atoms with Crippen molar-refractivity contribution >= 4 is 15.9 Å². The average molecular weight is 278 g/mol.